The quantitative estimate of drug-likeness (QED) is 0.737. The Morgan fingerprint density at radius 2 is 1.57 bits per heavy atom. The van der Waals surface area contributed by atoms with Gasteiger partial charge in [0.1, 0.15) is 5.75 Å². The lowest BCUT2D eigenvalue weighted by Crippen LogP contribution is -2.44. The van der Waals surface area contributed by atoms with Crippen LogP contribution in [0.1, 0.15) is 10.4 Å². The van der Waals surface area contributed by atoms with Gasteiger partial charge in [0, 0.05) is 49.6 Å². The smallest absolute Gasteiger partial charge is 0.260 e. The summed E-state index contributed by atoms with van der Waals surface area (Å²) in [6.07, 6.45) is 0. The fourth-order valence-electron chi connectivity index (χ4n) is 4.89. The summed E-state index contributed by atoms with van der Waals surface area (Å²) >= 11 is 0. The van der Waals surface area contributed by atoms with E-state index in [2.05, 4.69) is 19.0 Å². The largest absolute Gasteiger partial charge is 0.484 e. The lowest BCUT2D eigenvalue weighted by Gasteiger charge is -2.32. The maximum absolute atomic E-state index is 13.0. The Hall–Kier alpha value is -2.86. The summed E-state index contributed by atoms with van der Waals surface area (Å²) < 4.78 is 5.67. The molecule has 6 heteroatoms. The summed E-state index contributed by atoms with van der Waals surface area (Å²) in [5, 5.41) is 0. The van der Waals surface area contributed by atoms with Crippen molar-refractivity contribution >= 4 is 11.8 Å². The number of hydrogen-bond acceptors (Lipinski definition) is 4. The van der Waals surface area contributed by atoms with Crippen LogP contribution in [-0.4, -0.2) is 79.9 Å². The Balaban J connectivity index is 1.43. The summed E-state index contributed by atoms with van der Waals surface area (Å²) in [7, 11) is 4.10. The zero-order valence-corrected chi connectivity index (χ0v) is 17.7. The molecule has 2 aliphatic heterocycles. The van der Waals surface area contributed by atoms with Crippen molar-refractivity contribution in [1.82, 2.24) is 14.7 Å². The molecule has 4 rings (SSSR count). The van der Waals surface area contributed by atoms with Crippen LogP contribution in [0.15, 0.2) is 60.7 Å². The minimum absolute atomic E-state index is 0.00678. The van der Waals surface area contributed by atoms with Gasteiger partial charge in [0.25, 0.3) is 11.8 Å². The molecule has 0 bridgehead atoms. The number of hydrogen-bond donors (Lipinski definition) is 0. The van der Waals surface area contributed by atoms with E-state index in [0.717, 1.165) is 12.1 Å². The summed E-state index contributed by atoms with van der Waals surface area (Å²) in [6, 6.07) is 18.9. The lowest BCUT2D eigenvalue weighted by molar-refractivity contribution is -0.132. The second-order valence-corrected chi connectivity index (χ2v) is 8.72. The van der Waals surface area contributed by atoms with Crippen molar-refractivity contribution in [2.75, 3.05) is 53.4 Å². The molecule has 2 saturated heterocycles. The highest BCUT2D eigenvalue weighted by molar-refractivity contribution is 5.94. The number of carbonyl (C=O) groups is 2. The molecule has 2 amide bonds. The van der Waals surface area contributed by atoms with E-state index in [1.54, 1.807) is 0 Å². The van der Waals surface area contributed by atoms with E-state index >= 15 is 0 Å². The van der Waals surface area contributed by atoms with E-state index in [9.17, 15) is 9.59 Å². The van der Waals surface area contributed by atoms with Gasteiger partial charge in [-0.15, -0.1) is 0 Å². The SMILES string of the molecule is CN(C)C[C@]12CN(C(=O)COc3ccccc3)C[C@H]1CN(C(=O)c1ccccc1)C2. The number of rotatable bonds is 6. The van der Waals surface area contributed by atoms with Gasteiger partial charge in [-0.05, 0) is 38.4 Å². The molecule has 0 unspecified atom stereocenters. The van der Waals surface area contributed by atoms with Gasteiger partial charge in [-0.25, -0.2) is 0 Å². The molecule has 158 valence electrons. The molecule has 0 saturated carbocycles. The highest BCUT2D eigenvalue weighted by Gasteiger charge is 2.54. The first-order chi connectivity index (χ1) is 14.5. The molecule has 0 radical (unpaired) electrons. The van der Waals surface area contributed by atoms with E-state index < -0.39 is 0 Å². The zero-order chi connectivity index (χ0) is 21.1. The Labute approximate surface area is 178 Å². The molecule has 2 aromatic carbocycles. The number of carbonyl (C=O) groups excluding carboxylic acids is 2. The number of fused-ring (bicyclic) bond motifs is 1. The zero-order valence-electron chi connectivity index (χ0n) is 17.7. The minimum Gasteiger partial charge on any atom is -0.484 e. The monoisotopic (exact) mass is 407 g/mol. The Kier molecular flexibility index (Phi) is 5.77. The molecule has 0 spiro atoms. The van der Waals surface area contributed by atoms with Crippen LogP contribution in [0.2, 0.25) is 0 Å². The number of para-hydroxylation sites is 1. The third-order valence-electron chi connectivity index (χ3n) is 6.16. The van der Waals surface area contributed by atoms with E-state index in [4.69, 9.17) is 4.74 Å². The van der Waals surface area contributed by atoms with E-state index in [0.29, 0.717) is 31.9 Å². The van der Waals surface area contributed by atoms with Gasteiger partial charge in [0.15, 0.2) is 6.61 Å². The van der Waals surface area contributed by atoms with Gasteiger partial charge in [0.2, 0.25) is 0 Å². The Morgan fingerprint density at radius 1 is 0.967 bits per heavy atom. The number of ether oxygens (including phenoxy) is 1. The van der Waals surface area contributed by atoms with Crippen LogP contribution in [0.25, 0.3) is 0 Å². The van der Waals surface area contributed by atoms with Crippen molar-refractivity contribution in [3.8, 4) is 5.75 Å². The van der Waals surface area contributed by atoms with Gasteiger partial charge in [0.05, 0.1) is 0 Å². The van der Waals surface area contributed by atoms with Crippen molar-refractivity contribution in [3.05, 3.63) is 66.2 Å². The first kappa shape index (κ1) is 20.4. The maximum Gasteiger partial charge on any atom is 0.260 e. The van der Waals surface area contributed by atoms with Crippen molar-refractivity contribution in [2.24, 2.45) is 11.3 Å². The molecule has 0 N–H and O–H groups in total. The number of amides is 2. The van der Waals surface area contributed by atoms with E-state index in [-0.39, 0.29) is 29.8 Å². The van der Waals surface area contributed by atoms with Crippen LogP contribution in [0.4, 0.5) is 0 Å². The predicted octanol–water partition coefficient (Wildman–Crippen LogP) is 2.23. The first-order valence-electron chi connectivity index (χ1n) is 10.4. The second-order valence-electron chi connectivity index (χ2n) is 8.72. The molecular weight excluding hydrogens is 378 g/mol. The van der Waals surface area contributed by atoms with Crippen LogP contribution in [-0.2, 0) is 4.79 Å². The molecule has 6 nitrogen and oxygen atoms in total. The molecule has 30 heavy (non-hydrogen) atoms. The topological polar surface area (TPSA) is 53.1 Å². The second kappa shape index (κ2) is 8.48. The van der Waals surface area contributed by atoms with Crippen LogP contribution < -0.4 is 4.74 Å². The molecule has 2 heterocycles. The normalized spacial score (nSPS) is 23.0. The molecule has 2 aliphatic rings. The summed E-state index contributed by atoms with van der Waals surface area (Å²) in [5.74, 6) is 1.06. The van der Waals surface area contributed by atoms with Crippen molar-refractivity contribution in [2.45, 2.75) is 0 Å². The van der Waals surface area contributed by atoms with Gasteiger partial charge >= 0.3 is 0 Å². The molecule has 0 aromatic heterocycles. The number of benzene rings is 2. The van der Waals surface area contributed by atoms with Crippen LogP contribution in [0, 0.1) is 11.3 Å². The standard InChI is InChI=1S/C24H29N3O3/c1-25(2)16-24-17-26(22(28)15-30-21-11-7-4-8-12-21)13-20(24)14-27(18-24)23(29)19-9-5-3-6-10-19/h3-12,20H,13-18H2,1-2H3/t20-,24+/m0/s1. The molecule has 2 fully saturated rings. The van der Waals surface area contributed by atoms with Crippen molar-refractivity contribution in [1.29, 1.82) is 0 Å². The minimum atomic E-state index is -0.101. The van der Waals surface area contributed by atoms with Crippen LogP contribution >= 0.6 is 0 Å². The van der Waals surface area contributed by atoms with Gasteiger partial charge in [-0.1, -0.05) is 36.4 Å². The summed E-state index contributed by atoms with van der Waals surface area (Å²) in [4.78, 5) is 31.9. The maximum atomic E-state index is 13.0. The average molecular weight is 408 g/mol. The number of nitrogens with zero attached hydrogens (tertiary/aromatic N) is 3. The third kappa shape index (κ3) is 4.19. The molecule has 0 aliphatic carbocycles. The Morgan fingerprint density at radius 3 is 2.23 bits per heavy atom. The third-order valence-corrected chi connectivity index (χ3v) is 6.16. The molecule has 2 aromatic rings. The predicted molar refractivity (Wildman–Crippen MR) is 115 cm³/mol. The molecular formula is C24H29N3O3. The lowest BCUT2D eigenvalue weighted by atomic mass is 9.80. The van der Waals surface area contributed by atoms with Crippen LogP contribution in [0.5, 0.6) is 5.75 Å². The fourth-order valence-corrected chi connectivity index (χ4v) is 4.89. The summed E-state index contributed by atoms with van der Waals surface area (Å²) in [6.45, 7) is 3.58. The average Bonchev–Trinajstić information content (AvgIpc) is 3.26. The van der Waals surface area contributed by atoms with E-state index in [1.807, 2.05) is 70.5 Å². The highest BCUT2D eigenvalue weighted by atomic mass is 16.5. The number of likely N-dealkylation sites (tertiary alicyclic amines) is 2. The highest BCUT2D eigenvalue weighted by Crippen LogP contribution is 2.43. The van der Waals surface area contributed by atoms with Crippen molar-refractivity contribution < 1.29 is 14.3 Å². The molecule has 2 atom stereocenters. The van der Waals surface area contributed by atoms with E-state index in [1.165, 1.54) is 0 Å². The van der Waals surface area contributed by atoms with Crippen molar-refractivity contribution in [3.63, 3.8) is 0 Å². The van der Waals surface area contributed by atoms with Gasteiger partial charge in [-0.2, -0.15) is 0 Å². The Bertz CT molecular complexity index is 887. The first-order valence-corrected chi connectivity index (χ1v) is 10.4. The summed E-state index contributed by atoms with van der Waals surface area (Å²) in [5.41, 5.74) is 0.623. The van der Waals surface area contributed by atoms with Gasteiger partial charge in [-0.3, -0.25) is 9.59 Å². The van der Waals surface area contributed by atoms with Gasteiger partial charge < -0.3 is 19.4 Å². The fraction of sp³-hybridized carbons (Fsp3) is 0.417. The van der Waals surface area contributed by atoms with Crippen LogP contribution in [0.3, 0.4) is 0 Å².